The van der Waals surface area contributed by atoms with Crippen molar-refractivity contribution in [1.82, 2.24) is 4.90 Å². The molecule has 8 rings (SSSR count). The zero-order chi connectivity index (χ0) is 13.7. The van der Waals surface area contributed by atoms with Crippen molar-refractivity contribution in [2.24, 2.45) is 47.3 Å². The summed E-state index contributed by atoms with van der Waals surface area (Å²) in [6, 6.07) is 7.54. The molecule has 4 bridgehead atoms. The van der Waals surface area contributed by atoms with Crippen LogP contribution in [0.25, 0.3) is 0 Å². The van der Waals surface area contributed by atoms with Gasteiger partial charge in [0.05, 0.1) is 0 Å². The Kier molecular flexibility index (Phi) is 1.44. The smallest absolute Gasteiger partial charge is 0.125 e. The standard InChI is InChI=1S/C18H18FNO/c19-8-3-1-2-7(4-8)6-20-17-13-9-5-10-12-11(9)14(17)16(12)18(20,21)15(10)13/h1-4,9-17,21H,5-6H2. The molecule has 3 heteroatoms. The predicted molar refractivity (Wildman–Crippen MR) is 73.2 cm³/mol. The summed E-state index contributed by atoms with van der Waals surface area (Å²) < 4.78 is 13.5. The van der Waals surface area contributed by atoms with E-state index in [-0.39, 0.29) is 5.82 Å². The third-order valence-corrected chi connectivity index (χ3v) is 8.45. The van der Waals surface area contributed by atoms with Gasteiger partial charge in [0.15, 0.2) is 0 Å². The van der Waals surface area contributed by atoms with Gasteiger partial charge in [-0.2, -0.15) is 0 Å². The van der Waals surface area contributed by atoms with Gasteiger partial charge in [-0.15, -0.1) is 0 Å². The number of rotatable bonds is 2. The van der Waals surface area contributed by atoms with E-state index < -0.39 is 5.72 Å². The highest BCUT2D eigenvalue weighted by molar-refractivity contribution is 5.41. The molecule has 0 aromatic heterocycles. The first-order valence-corrected chi connectivity index (χ1v) is 8.45. The first-order chi connectivity index (χ1) is 10.2. The molecule has 0 spiro atoms. The third-order valence-electron chi connectivity index (χ3n) is 8.45. The molecule has 108 valence electrons. The van der Waals surface area contributed by atoms with Crippen molar-refractivity contribution >= 4 is 0 Å². The van der Waals surface area contributed by atoms with Crippen molar-refractivity contribution in [1.29, 1.82) is 0 Å². The van der Waals surface area contributed by atoms with Gasteiger partial charge in [-0.25, -0.2) is 4.39 Å². The quantitative estimate of drug-likeness (QED) is 0.898. The minimum absolute atomic E-state index is 0.162. The molecular weight excluding hydrogens is 265 g/mol. The van der Waals surface area contributed by atoms with Gasteiger partial charge in [0.2, 0.25) is 0 Å². The molecule has 2 saturated heterocycles. The summed E-state index contributed by atoms with van der Waals surface area (Å²) in [5.41, 5.74) is 0.480. The van der Waals surface area contributed by atoms with Crippen molar-refractivity contribution in [3.63, 3.8) is 0 Å². The van der Waals surface area contributed by atoms with Crippen molar-refractivity contribution in [3.8, 4) is 0 Å². The van der Waals surface area contributed by atoms with Gasteiger partial charge in [-0.05, 0) is 59.6 Å². The lowest BCUT2D eigenvalue weighted by Crippen LogP contribution is -2.50. The topological polar surface area (TPSA) is 23.5 Å². The molecule has 21 heavy (non-hydrogen) atoms. The molecule has 0 amide bonds. The van der Waals surface area contributed by atoms with E-state index in [2.05, 4.69) is 4.90 Å². The molecular formula is C18H18FNO. The summed E-state index contributed by atoms with van der Waals surface area (Å²) in [6.45, 7) is 0.734. The minimum atomic E-state index is -0.538. The zero-order valence-corrected chi connectivity index (χ0v) is 11.7. The van der Waals surface area contributed by atoms with Crippen LogP contribution in [-0.2, 0) is 6.54 Å². The van der Waals surface area contributed by atoms with Crippen LogP contribution in [0.1, 0.15) is 12.0 Å². The summed E-state index contributed by atoms with van der Waals surface area (Å²) in [5.74, 6) is 6.00. The molecule has 10 atom stereocenters. The van der Waals surface area contributed by atoms with Gasteiger partial charge in [0, 0.05) is 24.4 Å². The molecule has 1 N–H and O–H groups in total. The van der Waals surface area contributed by atoms with Crippen LogP contribution in [0.15, 0.2) is 24.3 Å². The minimum Gasteiger partial charge on any atom is -0.375 e. The Hall–Kier alpha value is -0.930. The zero-order valence-electron chi connectivity index (χ0n) is 11.7. The van der Waals surface area contributed by atoms with E-state index in [1.807, 2.05) is 6.07 Å². The van der Waals surface area contributed by atoms with Crippen molar-refractivity contribution in [3.05, 3.63) is 35.6 Å². The van der Waals surface area contributed by atoms with Crippen LogP contribution in [0.3, 0.4) is 0 Å². The number of halogens is 1. The molecule has 7 aliphatic rings. The van der Waals surface area contributed by atoms with E-state index in [0.29, 0.717) is 17.9 Å². The molecule has 2 aliphatic heterocycles. The Morgan fingerprint density at radius 3 is 2.90 bits per heavy atom. The van der Waals surface area contributed by atoms with Crippen LogP contribution in [0.4, 0.5) is 4.39 Å². The van der Waals surface area contributed by atoms with E-state index >= 15 is 0 Å². The molecule has 5 aliphatic carbocycles. The summed E-state index contributed by atoms with van der Waals surface area (Å²) in [4.78, 5) is 2.40. The molecule has 2 heterocycles. The number of nitrogens with zero attached hydrogens (tertiary/aromatic N) is 1. The SMILES string of the molecule is OC12C3C4CC5C6C4C1C6C(C53)N2Cc1cccc(F)c1. The van der Waals surface area contributed by atoms with Gasteiger partial charge in [0.25, 0.3) is 0 Å². The third kappa shape index (κ3) is 0.805. The molecule has 0 radical (unpaired) electrons. The Morgan fingerprint density at radius 2 is 2.05 bits per heavy atom. The summed E-state index contributed by atoms with van der Waals surface area (Å²) in [5, 5.41) is 11.6. The van der Waals surface area contributed by atoms with E-state index in [9.17, 15) is 9.50 Å². The second-order valence-corrected chi connectivity index (χ2v) is 8.46. The van der Waals surface area contributed by atoms with Gasteiger partial charge >= 0.3 is 0 Å². The number of hydrogen-bond donors (Lipinski definition) is 1. The molecule has 7 fully saturated rings. The van der Waals surface area contributed by atoms with Crippen LogP contribution in [0, 0.1) is 53.2 Å². The lowest BCUT2D eigenvalue weighted by Gasteiger charge is -2.45. The Morgan fingerprint density at radius 1 is 1.14 bits per heavy atom. The van der Waals surface area contributed by atoms with Crippen LogP contribution in [0.2, 0.25) is 0 Å². The van der Waals surface area contributed by atoms with E-state index in [1.165, 1.54) is 12.5 Å². The van der Waals surface area contributed by atoms with Crippen LogP contribution in [-0.4, -0.2) is 21.8 Å². The highest BCUT2D eigenvalue weighted by atomic mass is 19.1. The lowest BCUT2D eigenvalue weighted by molar-refractivity contribution is -0.134. The maximum atomic E-state index is 13.5. The van der Waals surface area contributed by atoms with Crippen LogP contribution >= 0.6 is 0 Å². The molecule has 1 aromatic carbocycles. The lowest BCUT2D eigenvalue weighted by atomic mass is 9.59. The van der Waals surface area contributed by atoms with Gasteiger partial charge in [-0.1, -0.05) is 12.1 Å². The summed E-state index contributed by atoms with van der Waals surface area (Å²) in [7, 11) is 0. The van der Waals surface area contributed by atoms with Gasteiger partial charge in [-0.3, -0.25) is 4.90 Å². The molecule has 1 aromatic rings. The maximum absolute atomic E-state index is 13.5. The van der Waals surface area contributed by atoms with Crippen molar-refractivity contribution in [2.45, 2.75) is 24.7 Å². The highest BCUT2D eigenvalue weighted by Crippen LogP contribution is 2.90. The maximum Gasteiger partial charge on any atom is 0.125 e. The predicted octanol–water partition coefficient (Wildman–Crippen LogP) is 2.09. The van der Waals surface area contributed by atoms with E-state index in [4.69, 9.17) is 0 Å². The van der Waals surface area contributed by atoms with Crippen molar-refractivity contribution < 1.29 is 9.50 Å². The van der Waals surface area contributed by atoms with Crippen LogP contribution in [0.5, 0.6) is 0 Å². The average molecular weight is 283 g/mol. The Balaban J connectivity index is 1.36. The number of hydrogen-bond acceptors (Lipinski definition) is 2. The first kappa shape index (κ1) is 10.7. The van der Waals surface area contributed by atoms with Crippen molar-refractivity contribution in [2.75, 3.05) is 0 Å². The summed E-state index contributed by atoms with van der Waals surface area (Å²) in [6.07, 6.45) is 1.41. The second-order valence-electron chi connectivity index (χ2n) is 8.46. The summed E-state index contributed by atoms with van der Waals surface area (Å²) >= 11 is 0. The molecule has 5 saturated carbocycles. The fraction of sp³-hybridized carbons (Fsp3) is 0.667. The van der Waals surface area contributed by atoms with Gasteiger partial charge in [0.1, 0.15) is 11.5 Å². The number of benzene rings is 1. The largest absolute Gasteiger partial charge is 0.375 e. The number of aliphatic hydroxyl groups is 1. The van der Waals surface area contributed by atoms with Crippen LogP contribution < -0.4 is 0 Å². The fourth-order valence-corrected chi connectivity index (χ4v) is 8.60. The molecule has 10 unspecified atom stereocenters. The Labute approximate surface area is 122 Å². The Bertz CT molecular complexity index is 706. The normalized spacial score (nSPS) is 63.2. The average Bonchev–Trinajstić information content (AvgIpc) is 3.04. The second kappa shape index (κ2) is 2.81. The van der Waals surface area contributed by atoms with E-state index in [1.54, 1.807) is 12.1 Å². The molecule has 2 nitrogen and oxygen atoms in total. The highest BCUT2D eigenvalue weighted by Gasteiger charge is 2.93. The van der Waals surface area contributed by atoms with Gasteiger partial charge < -0.3 is 5.11 Å². The first-order valence-electron chi connectivity index (χ1n) is 8.45. The monoisotopic (exact) mass is 283 g/mol. The van der Waals surface area contributed by atoms with E-state index in [0.717, 1.165) is 47.6 Å². The fourth-order valence-electron chi connectivity index (χ4n) is 8.60.